The summed E-state index contributed by atoms with van der Waals surface area (Å²) in [7, 11) is 0. The number of rotatable bonds is 4. The van der Waals surface area contributed by atoms with Crippen LogP contribution < -0.4 is 9.47 Å². The van der Waals surface area contributed by atoms with E-state index >= 15 is 0 Å². The maximum Gasteiger partial charge on any atom is 0.161 e. The van der Waals surface area contributed by atoms with Crippen molar-refractivity contribution in [3.63, 3.8) is 0 Å². The molecule has 0 aliphatic carbocycles. The van der Waals surface area contributed by atoms with E-state index < -0.39 is 0 Å². The fourth-order valence-electron chi connectivity index (χ4n) is 2.07. The first kappa shape index (κ1) is 12.0. The summed E-state index contributed by atoms with van der Waals surface area (Å²) in [5, 5.41) is 0. The van der Waals surface area contributed by atoms with Crippen LogP contribution in [0, 0.1) is 0 Å². The molecule has 2 rings (SSSR count). The molecular formula is C14H18O3. The molecule has 1 aromatic rings. The zero-order valence-electron chi connectivity index (χ0n) is 10.2. The summed E-state index contributed by atoms with van der Waals surface area (Å²) in [6.07, 6.45) is 4.17. The molecule has 0 spiro atoms. The van der Waals surface area contributed by atoms with Crippen LogP contribution in [0.25, 0.3) is 0 Å². The highest BCUT2D eigenvalue weighted by atomic mass is 16.5. The van der Waals surface area contributed by atoms with Gasteiger partial charge in [0.2, 0.25) is 0 Å². The Balaban J connectivity index is 2.31. The summed E-state index contributed by atoms with van der Waals surface area (Å²) in [6, 6.07) is 4.09. The zero-order valence-corrected chi connectivity index (χ0v) is 10.2. The number of carbonyl (C=O) groups excluding carboxylic acids is 1. The Labute approximate surface area is 102 Å². The fraction of sp³-hybridized carbons (Fsp3) is 0.500. The van der Waals surface area contributed by atoms with Gasteiger partial charge in [0.25, 0.3) is 0 Å². The van der Waals surface area contributed by atoms with Crippen LogP contribution in [0.5, 0.6) is 11.5 Å². The topological polar surface area (TPSA) is 35.5 Å². The van der Waals surface area contributed by atoms with E-state index in [1.807, 2.05) is 6.07 Å². The normalized spacial score (nSPS) is 14.2. The molecule has 92 valence electrons. The Morgan fingerprint density at radius 3 is 2.41 bits per heavy atom. The highest BCUT2D eigenvalue weighted by Crippen LogP contribution is 2.33. The van der Waals surface area contributed by atoms with Crippen LogP contribution in [0.2, 0.25) is 0 Å². The third-order valence-electron chi connectivity index (χ3n) is 2.98. The molecule has 1 aliphatic rings. The highest BCUT2D eigenvalue weighted by molar-refractivity contribution is 5.52. The van der Waals surface area contributed by atoms with Crippen LogP contribution in [0.15, 0.2) is 12.1 Å². The third-order valence-corrected chi connectivity index (χ3v) is 2.98. The Morgan fingerprint density at radius 1 is 1.18 bits per heavy atom. The van der Waals surface area contributed by atoms with Crippen molar-refractivity contribution in [1.82, 2.24) is 0 Å². The molecule has 0 atom stereocenters. The third kappa shape index (κ3) is 2.78. The summed E-state index contributed by atoms with van der Waals surface area (Å²) >= 11 is 0. The lowest BCUT2D eigenvalue weighted by Gasteiger charge is -2.13. The molecule has 3 heteroatoms. The van der Waals surface area contributed by atoms with Crippen molar-refractivity contribution >= 4 is 6.29 Å². The van der Waals surface area contributed by atoms with E-state index in [4.69, 9.17) is 9.47 Å². The van der Waals surface area contributed by atoms with Crippen LogP contribution in [-0.2, 0) is 17.6 Å². The second-order valence-corrected chi connectivity index (χ2v) is 4.18. The predicted molar refractivity (Wildman–Crippen MR) is 65.8 cm³/mol. The molecule has 17 heavy (non-hydrogen) atoms. The number of hydrogen-bond acceptors (Lipinski definition) is 3. The summed E-state index contributed by atoms with van der Waals surface area (Å²) in [5.74, 6) is 1.66. The van der Waals surface area contributed by atoms with Gasteiger partial charge >= 0.3 is 0 Å². The van der Waals surface area contributed by atoms with Gasteiger partial charge in [-0.3, -0.25) is 0 Å². The number of fused-ring (bicyclic) bond motifs is 1. The van der Waals surface area contributed by atoms with Crippen molar-refractivity contribution in [2.45, 2.75) is 32.6 Å². The van der Waals surface area contributed by atoms with E-state index in [9.17, 15) is 4.79 Å². The molecule has 0 N–H and O–H groups in total. The van der Waals surface area contributed by atoms with E-state index in [0.717, 1.165) is 37.0 Å². The van der Waals surface area contributed by atoms with Gasteiger partial charge in [-0.05, 0) is 36.1 Å². The Bertz CT molecular complexity index is 399. The minimum Gasteiger partial charge on any atom is -0.490 e. The Hall–Kier alpha value is -1.51. The largest absolute Gasteiger partial charge is 0.490 e. The average molecular weight is 234 g/mol. The second kappa shape index (κ2) is 5.71. The lowest BCUT2D eigenvalue weighted by atomic mass is 10.0. The molecule has 0 aromatic heterocycles. The van der Waals surface area contributed by atoms with Gasteiger partial charge in [-0.1, -0.05) is 6.92 Å². The van der Waals surface area contributed by atoms with Crippen LogP contribution in [0.4, 0.5) is 0 Å². The van der Waals surface area contributed by atoms with E-state index in [1.165, 1.54) is 11.1 Å². The van der Waals surface area contributed by atoms with E-state index in [-0.39, 0.29) is 0 Å². The van der Waals surface area contributed by atoms with E-state index in [0.29, 0.717) is 19.6 Å². The predicted octanol–water partition coefficient (Wildman–Crippen LogP) is 2.54. The van der Waals surface area contributed by atoms with Crippen molar-refractivity contribution in [3.8, 4) is 11.5 Å². The second-order valence-electron chi connectivity index (χ2n) is 4.18. The number of aryl methyl sites for hydroxylation is 2. The standard InChI is InChI=1S/C14H18O3/c1-2-11-9-13-14(17-8-4-7-16-13)10-12(11)5-3-6-15/h6,9-10H,2-5,7-8H2,1H3. The van der Waals surface area contributed by atoms with Crippen molar-refractivity contribution in [3.05, 3.63) is 23.3 Å². The zero-order chi connectivity index (χ0) is 12.1. The number of hydrogen-bond donors (Lipinski definition) is 0. The maximum atomic E-state index is 10.5. The number of aldehydes is 1. The van der Waals surface area contributed by atoms with Gasteiger partial charge in [-0.15, -0.1) is 0 Å². The summed E-state index contributed by atoms with van der Waals surface area (Å²) < 4.78 is 11.3. The summed E-state index contributed by atoms with van der Waals surface area (Å²) in [4.78, 5) is 10.5. The summed E-state index contributed by atoms with van der Waals surface area (Å²) in [6.45, 7) is 3.53. The van der Waals surface area contributed by atoms with Crippen LogP contribution >= 0.6 is 0 Å². The first-order chi connectivity index (χ1) is 8.35. The molecule has 0 saturated carbocycles. The molecule has 1 heterocycles. The summed E-state index contributed by atoms with van der Waals surface area (Å²) in [5.41, 5.74) is 2.44. The quantitative estimate of drug-likeness (QED) is 0.751. The highest BCUT2D eigenvalue weighted by Gasteiger charge is 2.13. The molecule has 0 saturated heterocycles. The van der Waals surface area contributed by atoms with Gasteiger partial charge in [0.15, 0.2) is 11.5 Å². The molecule has 0 unspecified atom stereocenters. The Kier molecular flexibility index (Phi) is 4.02. The lowest BCUT2D eigenvalue weighted by molar-refractivity contribution is -0.107. The van der Waals surface area contributed by atoms with E-state index in [1.54, 1.807) is 0 Å². The SMILES string of the molecule is CCc1cc2c(cc1CCC=O)OCCCO2. The fourth-order valence-corrected chi connectivity index (χ4v) is 2.07. The number of carbonyl (C=O) groups is 1. The van der Waals surface area contributed by atoms with Crippen molar-refractivity contribution in [2.75, 3.05) is 13.2 Å². The smallest absolute Gasteiger partial charge is 0.161 e. The first-order valence-electron chi connectivity index (χ1n) is 6.20. The minimum absolute atomic E-state index is 0.562. The van der Waals surface area contributed by atoms with E-state index in [2.05, 4.69) is 13.0 Å². The van der Waals surface area contributed by atoms with Crippen molar-refractivity contribution < 1.29 is 14.3 Å². The average Bonchev–Trinajstić information content (AvgIpc) is 2.59. The van der Waals surface area contributed by atoms with Gasteiger partial charge in [0.05, 0.1) is 13.2 Å². The van der Waals surface area contributed by atoms with Gasteiger partial charge in [0.1, 0.15) is 6.29 Å². The lowest BCUT2D eigenvalue weighted by Crippen LogP contribution is -1.98. The molecule has 0 radical (unpaired) electrons. The molecular weight excluding hydrogens is 216 g/mol. The van der Waals surface area contributed by atoms with Crippen LogP contribution in [-0.4, -0.2) is 19.5 Å². The molecule has 1 aliphatic heterocycles. The molecule has 1 aromatic carbocycles. The molecule has 0 amide bonds. The molecule has 3 nitrogen and oxygen atoms in total. The van der Waals surface area contributed by atoms with Gasteiger partial charge < -0.3 is 14.3 Å². The minimum atomic E-state index is 0.562. The van der Waals surface area contributed by atoms with Crippen LogP contribution in [0.3, 0.4) is 0 Å². The monoisotopic (exact) mass is 234 g/mol. The Morgan fingerprint density at radius 2 is 1.82 bits per heavy atom. The molecule has 0 bridgehead atoms. The van der Waals surface area contributed by atoms with Crippen LogP contribution in [0.1, 0.15) is 30.9 Å². The molecule has 0 fully saturated rings. The van der Waals surface area contributed by atoms with Crippen molar-refractivity contribution in [1.29, 1.82) is 0 Å². The van der Waals surface area contributed by atoms with Gasteiger partial charge in [0, 0.05) is 12.8 Å². The number of ether oxygens (including phenoxy) is 2. The van der Waals surface area contributed by atoms with Gasteiger partial charge in [-0.25, -0.2) is 0 Å². The van der Waals surface area contributed by atoms with Gasteiger partial charge in [-0.2, -0.15) is 0 Å². The van der Waals surface area contributed by atoms with Crippen molar-refractivity contribution in [2.24, 2.45) is 0 Å². The number of benzene rings is 1. The maximum absolute atomic E-state index is 10.5. The first-order valence-corrected chi connectivity index (χ1v) is 6.20.